The lowest BCUT2D eigenvalue weighted by Gasteiger charge is -1.98. The molecule has 0 aliphatic heterocycles. The van der Waals surface area contributed by atoms with Gasteiger partial charge in [-0.1, -0.05) is 30.9 Å². The first-order valence-corrected chi connectivity index (χ1v) is 4.51. The number of hydrogen-bond acceptors (Lipinski definition) is 2. The molecule has 4 heteroatoms. The Balaban J connectivity index is 3.03. The Labute approximate surface area is 78.3 Å². The maximum absolute atomic E-state index is 5.32. The number of unbranched alkanes of at least 4 members (excludes halogenated alkanes) is 2. The summed E-state index contributed by atoms with van der Waals surface area (Å²) in [5, 5.41) is 0. The van der Waals surface area contributed by atoms with E-state index in [0.29, 0.717) is 9.98 Å². The van der Waals surface area contributed by atoms with Gasteiger partial charge in [-0.3, -0.25) is 0 Å². The second-order valence-corrected chi connectivity index (χ2v) is 3.54. The van der Waals surface area contributed by atoms with Gasteiger partial charge in [0.25, 0.3) is 0 Å². The smallest absolute Gasteiger partial charge is 0.0727 e. The maximum atomic E-state index is 5.32. The summed E-state index contributed by atoms with van der Waals surface area (Å²) in [4.78, 5) is 1.20. The van der Waals surface area contributed by atoms with Crippen LogP contribution in [-0.2, 0) is 0 Å². The van der Waals surface area contributed by atoms with Crippen LogP contribution in [-0.4, -0.2) is 9.98 Å². The Morgan fingerprint density at radius 2 is 1.18 bits per heavy atom. The third-order valence-electron chi connectivity index (χ3n) is 1.35. The molecular weight excluding hydrogens is 176 g/mol. The summed E-state index contributed by atoms with van der Waals surface area (Å²) in [5.41, 5.74) is 10.6. The van der Waals surface area contributed by atoms with Crippen molar-refractivity contribution in [2.75, 3.05) is 0 Å². The summed E-state index contributed by atoms with van der Waals surface area (Å²) in [6.07, 6.45) is 4.89. The summed E-state index contributed by atoms with van der Waals surface area (Å²) in [6, 6.07) is 0. The van der Waals surface area contributed by atoms with Crippen LogP contribution in [0.5, 0.6) is 0 Å². The number of thiocarbonyl (C=S) groups is 2. The largest absolute Gasteiger partial charge is 0.393 e. The van der Waals surface area contributed by atoms with Crippen molar-refractivity contribution in [2.45, 2.75) is 32.1 Å². The Hall–Kier alpha value is -0.220. The molecule has 0 aliphatic carbocycles. The monoisotopic (exact) mass is 190 g/mol. The van der Waals surface area contributed by atoms with Crippen LogP contribution in [0.15, 0.2) is 0 Å². The quantitative estimate of drug-likeness (QED) is 0.492. The van der Waals surface area contributed by atoms with Gasteiger partial charge in [-0.25, -0.2) is 0 Å². The molecule has 0 spiro atoms. The molecule has 0 aliphatic rings. The molecule has 0 atom stereocenters. The van der Waals surface area contributed by atoms with E-state index in [9.17, 15) is 0 Å². The molecule has 0 aromatic heterocycles. The molecule has 0 heterocycles. The van der Waals surface area contributed by atoms with Crippen LogP contribution in [0.2, 0.25) is 0 Å². The molecule has 0 fully saturated rings. The normalized spacial score (nSPS) is 9.45. The van der Waals surface area contributed by atoms with Gasteiger partial charge in [-0.05, 0) is 25.7 Å². The van der Waals surface area contributed by atoms with Crippen LogP contribution in [0.1, 0.15) is 32.1 Å². The van der Waals surface area contributed by atoms with Crippen molar-refractivity contribution in [1.82, 2.24) is 0 Å². The minimum absolute atomic E-state index is 0.598. The molecule has 0 saturated heterocycles. The lowest BCUT2D eigenvalue weighted by Crippen LogP contribution is -2.08. The molecule has 2 nitrogen and oxygen atoms in total. The second-order valence-electron chi connectivity index (χ2n) is 2.49. The molecule has 0 aromatic rings. The van der Waals surface area contributed by atoms with Crippen molar-refractivity contribution in [3.63, 3.8) is 0 Å². The molecule has 0 aromatic carbocycles. The average Bonchev–Trinajstić information content (AvgIpc) is 1.85. The number of nitrogens with two attached hydrogens (primary N) is 2. The van der Waals surface area contributed by atoms with Gasteiger partial charge in [-0.15, -0.1) is 0 Å². The van der Waals surface area contributed by atoms with Crippen molar-refractivity contribution in [2.24, 2.45) is 11.5 Å². The van der Waals surface area contributed by atoms with Gasteiger partial charge in [0, 0.05) is 0 Å². The van der Waals surface area contributed by atoms with Gasteiger partial charge in [0.1, 0.15) is 0 Å². The zero-order valence-electron chi connectivity index (χ0n) is 6.51. The summed E-state index contributed by atoms with van der Waals surface area (Å²) in [6.45, 7) is 0. The molecule has 64 valence electrons. The Kier molecular flexibility index (Phi) is 6.36. The number of hydrogen-bond donors (Lipinski definition) is 2. The van der Waals surface area contributed by atoms with Crippen LogP contribution < -0.4 is 11.5 Å². The third kappa shape index (κ3) is 9.78. The minimum Gasteiger partial charge on any atom is -0.393 e. The van der Waals surface area contributed by atoms with E-state index in [0.717, 1.165) is 32.1 Å². The molecule has 0 radical (unpaired) electrons. The van der Waals surface area contributed by atoms with E-state index in [-0.39, 0.29) is 0 Å². The molecular formula is C7H14N2S2. The van der Waals surface area contributed by atoms with Crippen LogP contribution in [0.4, 0.5) is 0 Å². The van der Waals surface area contributed by atoms with Crippen molar-refractivity contribution in [1.29, 1.82) is 0 Å². The van der Waals surface area contributed by atoms with Gasteiger partial charge in [0.15, 0.2) is 0 Å². The van der Waals surface area contributed by atoms with E-state index >= 15 is 0 Å². The van der Waals surface area contributed by atoms with Crippen LogP contribution in [0, 0.1) is 0 Å². The Bertz CT molecular complexity index is 129. The highest BCUT2D eigenvalue weighted by molar-refractivity contribution is 7.80. The summed E-state index contributed by atoms with van der Waals surface area (Å²) < 4.78 is 0. The molecule has 0 unspecified atom stereocenters. The average molecular weight is 190 g/mol. The van der Waals surface area contributed by atoms with Gasteiger partial charge in [-0.2, -0.15) is 0 Å². The van der Waals surface area contributed by atoms with Gasteiger partial charge >= 0.3 is 0 Å². The first kappa shape index (κ1) is 10.8. The van der Waals surface area contributed by atoms with Crippen molar-refractivity contribution in [3.05, 3.63) is 0 Å². The van der Waals surface area contributed by atoms with E-state index in [1.54, 1.807) is 0 Å². The highest BCUT2D eigenvalue weighted by atomic mass is 32.1. The van der Waals surface area contributed by atoms with Gasteiger partial charge in [0.2, 0.25) is 0 Å². The first-order valence-electron chi connectivity index (χ1n) is 3.69. The minimum atomic E-state index is 0.598. The van der Waals surface area contributed by atoms with Crippen molar-refractivity contribution in [3.8, 4) is 0 Å². The molecule has 4 N–H and O–H groups in total. The third-order valence-corrected chi connectivity index (χ3v) is 1.75. The molecule has 0 saturated carbocycles. The first-order chi connectivity index (χ1) is 5.13. The lowest BCUT2D eigenvalue weighted by atomic mass is 10.1. The fraction of sp³-hybridized carbons (Fsp3) is 0.714. The fourth-order valence-electron chi connectivity index (χ4n) is 0.775. The zero-order valence-corrected chi connectivity index (χ0v) is 8.14. The molecule has 0 amide bonds. The van der Waals surface area contributed by atoms with Crippen molar-refractivity contribution >= 4 is 34.4 Å². The van der Waals surface area contributed by atoms with Crippen LogP contribution >= 0.6 is 24.4 Å². The maximum Gasteiger partial charge on any atom is 0.0727 e. The van der Waals surface area contributed by atoms with Gasteiger partial charge in [0.05, 0.1) is 9.98 Å². The number of rotatable bonds is 6. The van der Waals surface area contributed by atoms with Crippen molar-refractivity contribution < 1.29 is 0 Å². The van der Waals surface area contributed by atoms with E-state index in [2.05, 4.69) is 0 Å². The highest BCUT2D eigenvalue weighted by Gasteiger charge is 1.92. The summed E-state index contributed by atoms with van der Waals surface area (Å²) in [7, 11) is 0. The van der Waals surface area contributed by atoms with Gasteiger partial charge < -0.3 is 11.5 Å². The van der Waals surface area contributed by atoms with E-state index < -0.39 is 0 Å². The summed E-state index contributed by atoms with van der Waals surface area (Å²) in [5.74, 6) is 0. The Morgan fingerprint density at radius 1 is 0.818 bits per heavy atom. The SMILES string of the molecule is NC(=S)CCCCCC(N)=S. The predicted octanol–water partition coefficient (Wildman–Crippen LogP) is 1.51. The zero-order chi connectivity index (χ0) is 8.69. The molecule has 0 rings (SSSR count). The second kappa shape index (κ2) is 6.49. The lowest BCUT2D eigenvalue weighted by molar-refractivity contribution is 0.719. The Morgan fingerprint density at radius 3 is 1.45 bits per heavy atom. The standard InChI is InChI=1S/C7H14N2S2/c8-6(10)4-2-1-3-5-7(9)11/h1-5H2,(H2,8,10)(H2,9,11). The highest BCUT2D eigenvalue weighted by Crippen LogP contribution is 2.02. The van der Waals surface area contributed by atoms with Crippen LogP contribution in [0.25, 0.3) is 0 Å². The predicted molar refractivity (Wildman–Crippen MR) is 56.7 cm³/mol. The van der Waals surface area contributed by atoms with E-state index in [1.165, 1.54) is 0 Å². The topological polar surface area (TPSA) is 52.0 Å². The van der Waals surface area contributed by atoms with E-state index in [1.807, 2.05) is 0 Å². The van der Waals surface area contributed by atoms with Crippen LogP contribution in [0.3, 0.4) is 0 Å². The fourth-order valence-corrected chi connectivity index (χ4v) is 1.06. The van der Waals surface area contributed by atoms with E-state index in [4.69, 9.17) is 35.9 Å². The molecule has 0 bridgehead atoms. The summed E-state index contributed by atoms with van der Waals surface area (Å²) >= 11 is 9.45. The molecule has 11 heavy (non-hydrogen) atoms.